The summed E-state index contributed by atoms with van der Waals surface area (Å²) in [4.78, 5) is 11.4. The summed E-state index contributed by atoms with van der Waals surface area (Å²) in [5.41, 5.74) is 1.58. The van der Waals surface area contributed by atoms with Crippen LogP contribution in [-0.2, 0) is 11.3 Å². The molecule has 0 saturated carbocycles. The third-order valence-electron chi connectivity index (χ3n) is 2.52. The molecule has 4 nitrogen and oxygen atoms in total. The molecule has 0 fully saturated rings. The van der Waals surface area contributed by atoms with Gasteiger partial charge in [-0.05, 0) is 40.2 Å². The summed E-state index contributed by atoms with van der Waals surface area (Å²) >= 11 is 9.32. The van der Waals surface area contributed by atoms with Gasteiger partial charge in [0.2, 0.25) is 5.76 Å². The van der Waals surface area contributed by atoms with Gasteiger partial charge in [-0.3, -0.25) is 0 Å². The van der Waals surface area contributed by atoms with Crippen molar-refractivity contribution in [2.24, 2.45) is 0 Å². The maximum absolute atomic E-state index is 11.4. The van der Waals surface area contributed by atoms with Crippen LogP contribution in [0.2, 0.25) is 5.02 Å². The molecular weight excluding hydrogens is 334 g/mol. The number of rotatable bonds is 4. The van der Waals surface area contributed by atoms with Gasteiger partial charge in [0.15, 0.2) is 0 Å². The van der Waals surface area contributed by atoms with Crippen molar-refractivity contribution < 1.29 is 13.9 Å². The Kier molecular flexibility index (Phi) is 4.50. The number of carbonyl (C=O) groups excluding carboxylic acids is 1. The molecule has 0 aliphatic heterocycles. The number of nitrogens with one attached hydrogen (secondary N) is 1. The second-order valence-corrected chi connectivity index (χ2v) is 5.01. The van der Waals surface area contributed by atoms with Gasteiger partial charge in [0.1, 0.15) is 0 Å². The molecule has 19 heavy (non-hydrogen) atoms. The van der Waals surface area contributed by atoms with E-state index in [9.17, 15) is 4.79 Å². The van der Waals surface area contributed by atoms with Crippen LogP contribution < -0.4 is 5.32 Å². The van der Waals surface area contributed by atoms with Crippen molar-refractivity contribution in [1.82, 2.24) is 0 Å². The van der Waals surface area contributed by atoms with Crippen LogP contribution in [0.1, 0.15) is 16.1 Å². The van der Waals surface area contributed by atoms with Gasteiger partial charge in [0.25, 0.3) is 0 Å². The lowest BCUT2D eigenvalue weighted by atomic mass is 10.2. The number of hydrogen-bond donors (Lipinski definition) is 1. The van der Waals surface area contributed by atoms with E-state index >= 15 is 0 Å². The number of methoxy groups -OCH3 is 1. The Morgan fingerprint density at radius 2 is 2.26 bits per heavy atom. The van der Waals surface area contributed by atoms with Crippen molar-refractivity contribution in [3.05, 3.63) is 51.3 Å². The molecule has 0 unspecified atom stereocenters. The van der Waals surface area contributed by atoms with E-state index in [2.05, 4.69) is 26.0 Å². The number of halogens is 2. The smallest absolute Gasteiger partial charge is 0.374 e. The van der Waals surface area contributed by atoms with Gasteiger partial charge in [-0.2, -0.15) is 0 Å². The van der Waals surface area contributed by atoms with Crippen molar-refractivity contribution in [2.75, 3.05) is 12.4 Å². The largest absolute Gasteiger partial charge is 0.463 e. The third-order valence-corrected chi connectivity index (χ3v) is 3.75. The Morgan fingerprint density at radius 3 is 2.95 bits per heavy atom. The van der Waals surface area contributed by atoms with E-state index < -0.39 is 5.97 Å². The molecule has 0 saturated heterocycles. The Bertz CT molecular complexity index is 597. The predicted molar refractivity (Wildman–Crippen MR) is 76.5 cm³/mol. The highest BCUT2D eigenvalue weighted by Gasteiger charge is 2.15. The van der Waals surface area contributed by atoms with Gasteiger partial charge in [0.05, 0.1) is 18.4 Å². The summed E-state index contributed by atoms with van der Waals surface area (Å²) in [5.74, 6) is -0.283. The van der Waals surface area contributed by atoms with Crippen LogP contribution in [0.25, 0.3) is 0 Å². The minimum Gasteiger partial charge on any atom is -0.463 e. The molecule has 0 radical (unpaired) electrons. The zero-order chi connectivity index (χ0) is 13.8. The average molecular weight is 345 g/mol. The first-order valence-electron chi connectivity index (χ1n) is 5.45. The van der Waals surface area contributed by atoms with Crippen molar-refractivity contribution in [2.45, 2.75) is 6.54 Å². The molecule has 6 heteroatoms. The van der Waals surface area contributed by atoms with Gasteiger partial charge in [-0.15, -0.1) is 0 Å². The van der Waals surface area contributed by atoms with Gasteiger partial charge in [-0.25, -0.2) is 4.79 Å². The van der Waals surface area contributed by atoms with Crippen LogP contribution >= 0.6 is 27.5 Å². The molecular formula is C13H11BrClNO3. The molecule has 2 rings (SSSR count). The molecule has 1 aromatic heterocycles. The standard InChI is InChI=1S/C13H11BrClNO3/c1-18-13(17)12-8(4-5-19-12)7-16-9-2-3-10(14)11(15)6-9/h2-6,16H,7H2,1H3. The lowest BCUT2D eigenvalue weighted by Gasteiger charge is -2.07. The first-order valence-corrected chi connectivity index (χ1v) is 6.62. The number of anilines is 1. The van der Waals surface area contributed by atoms with E-state index in [4.69, 9.17) is 16.0 Å². The van der Waals surface area contributed by atoms with Gasteiger partial charge < -0.3 is 14.5 Å². The van der Waals surface area contributed by atoms with E-state index in [0.717, 1.165) is 15.7 Å². The SMILES string of the molecule is COC(=O)c1occc1CNc1ccc(Br)c(Cl)c1. The predicted octanol–water partition coefficient (Wildman–Crippen LogP) is 4.09. The minimum atomic E-state index is -0.490. The van der Waals surface area contributed by atoms with E-state index in [1.54, 1.807) is 12.1 Å². The summed E-state index contributed by atoms with van der Waals surface area (Å²) in [6, 6.07) is 7.25. The quantitative estimate of drug-likeness (QED) is 0.849. The van der Waals surface area contributed by atoms with Crippen molar-refractivity contribution >= 4 is 39.2 Å². The van der Waals surface area contributed by atoms with Crippen LogP contribution in [0.15, 0.2) is 39.4 Å². The molecule has 0 aliphatic rings. The topological polar surface area (TPSA) is 51.5 Å². The lowest BCUT2D eigenvalue weighted by molar-refractivity contribution is 0.0563. The molecule has 2 aromatic rings. The Hall–Kier alpha value is -1.46. The van der Waals surface area contributed by atoms with E-state index in [1.165, 1.54) is 13.4 Å². The summed E-state index contributed by atoms with van der Waals surface area (Å²) < 4.78 is 10.6. The number of carbonyl (C=O) groups is 1. The zero-order valence-corrected chi connectivity index (χ0v) is 12.4. The fourth-order valence-corrected chi connectivity index (χ4v) is 1.98. The van der Waals surface area contributed by atoms with E-state index in [0.29, 0.717) is 11.6 Å². The summed E-state index contributed by atoms with van der Waals surface area (Å²) in [6.45, 7) is 0.443. The molecule has 0 amide bonds. The molecule has 1 N–H and O–H groups in total. The van der Waals surface area contributed by atoms with Gasteiger partial charge in [-0.1, -0.05) is 11.6 Å². The minimum absolute atomic E-state index is 0.207. The highest BCUT2D eigenvalue weighted by atomic mass is 79.9. The van der Waals surface area contributed by atoms with E-state index in [-0.39, 0.29) is 5.76 Å². The van der Waals surface area contributed by atoms with Crippen molar-refractivity contribution in [1.29, 1.82) is 0 Å². The fourth-order valence-electron chi connectivity index (χ4n) is 1.55. The number of esters is 1. The lowest BCUT2D eigenvalue weighted by Crippen LogP contribution is -2.06. The van der Waals surface area contributed by atoms with Crippen molar-refractivity contribution in [3.63, 3.8) is 0 Å². The molecule has 0 spiro atoms. The van der Waals surface area contributed by atoms with Crippen LogP contribution in [0.5, 0.6) is 0 Å². The van der Waals surface area contributed by atoms with Crippen LogP contribution in [0, 0.1) is 0 Å². The highest BCUT2D eigenvalue weighted by molar-refractivity contribution is 9.10. The molecule has 0 atom stereocenters. The third kappa shape index (κ3) is 3.30. The summed E-state index contributed by atoms with van der Waals surface area (Å²) in [6.07, 6.45) is 1.46. The average Bonchev–Trinajstić information content (AvgIpc) is 2.87. The number of benzene rings is 1. The monoisotopic (exact) mass is 343 g/mol. The molecule has 0 aliphatic carbocycles. The first-order chi connectivity index (χ1) is 9.11. The number of furan rings is 1. The highest BCUT2D eigenvalue weighted by Crippen LogP contribution is 2.26. The first kappa shape index (κ1) is 14.0. The van der Waals surface area contributed by atoms with Crippen LogP contribution in [0.4, 0.5) is 5.69 Å². The maximum Gasteiger partial charge on any atom is 0.374 e. The normalized spacial score (nSPS) is 10.3. The van der Waals surface area contributed by atoms with Gasteiger partial charge >= 0.3 is 5.97 Å². The number of hydrogen-bond acceptors (Lipinski definition) is 4. The Labute approximate surface area is 123 Å². The Morgan fingerprint density at radius 1 is 1.47 bits per heavy atom. The second kappa shape index (κ2) is 6.12. The molecule has 1 heterocycles. The van der Waals surface area contributed by atoms with Crippen molar-refractivity contribution in [3.8, 4) is 0 Å². The zero-order valence-electron chi connectivity index (χ0n) is 10.1. The maximum atomic E-state index is 11.4. The fraction of sp³-hybridized carbons (Fsp3) is 0.154. The van der Waals surface area contributed by atoms with Crippen LogP contribution in [0.3, 0.4) is 0 Å². The molecule has 0 bridgehead atoms. The summed E-state index contributed by atoms with van der Waals surface area (Å²) in [7, 11) is 1.32. The number of ether oxygens (including phenoxy) is 1. The van der Waals surface area contributed by atoms with E-state index in [1.807, 2.05) is 12.1 Å². The Balaban J connectivity index is 2.08. The van der Waals surface area contributed by atoms with Crippen LogP contribution in [-0.4, -0.2) is 13.1 Å². The van der Waals surface area contributed by atoms with Gasteiger partial charge in [0, 0.05) is 22.3 Å². The molecule has 100 valence electrons. The second-order valence-electron chi connectivity index (χ2n) is 3.75. The summed E-state index contributed by atoms with van der Waals surface area (Å²) in [5, 5.41) is 3.78. The molecule has 1 aromatic carbocycles.